The van der Waals surface area contributed by atoms with Crippen molar-refractivity contribution in [2.24, 2.45) is 0 Å². The van der Waals surface area contributed by atoms with Gasteiger partial charge in [0.25, 0.3) is 11.8 Å². The molecule has 0 saturated carbocycles. The molecular weight excluding hydrogens is 276 g/mol. The second kappa shape index (κ2) is 5.91. The van der Waals surface area contributed by atoms with Gasteiger partial charge in [0.2, 0.25) is 0 Å². The summed E-state index contributed by atoms with van der Waals surface area (Å²) in [5.41, 5.74) is 0.747. The highest BCUT2D eigenvalue weighted by molar-refractivity contribution is 6.35. The topological polar surface area (TPSA) is 111 Å². The summed E-state index contributed by atoms with van der Waals surface area (Å²) in [4.78, 5) is 33.0. The van der Waals surface area contributed by atoms with Crippen LogP contribution in [0.5, 0.6) is 0 Å². The third-order valence-electron chi connectivity index (χ3n) is 2.55. The molecule has 0 saturated heterocycles. The van der Waals surface area contributed by atoms with Crippen LogP contribution in [-0.4, -0.2) is 17.8 Å². The highest BCUT2D eigenvalue weighted by Crippen LogP contribution is 2.15. The normalized spacial score (nSPS) is 9.95. The number of carbonyl (C=O) groups is 3. The first-order valence-electron chi connectivity index (χ1n) is 5.96. The number of hydrogen-bond donors (Lipinski definition) is 2. The fourth-order valence-electron chi connectivity index (χ4n) is 1.57. The molecule has 7 nitrogen and oxygen atoms in total. The van der Waals surface area contributed by atoms with Crippen LogP contribution >= 0.6 is 0 Å². The van der Waals surface area contributed by atoms with Crippen molar-refractivity contribution in [2.75, 3.05) is 10.6 Å². The average molecular weight is 287 g/mol. The largest absolute Gasteiger partial charge is 0.540 e. The van der Waals surface area contributed by atoms with Crippen LogP contribution in [0.2, 0.25) is 0 Å². The Hall–Kier alpha value is -3.09. The summed E-state index contributed by atoms with van der Waals surface area (Å²) in [6.45, 7) is 1.73. The van der Waals surface area contributed by atoms with Gasteiger partial charge in [0.15, 0.2) is 5.76 Å². The molecule has 2 amide bonds. The number of nitrogens with one attached hydrogen (secondary N) is 2. The first kappa shape index (κ1) is 14.3. The second-order valence-corrected chi connectivity index (χ2v) is 4.18. The Labute approximate surface area is 119 Å². The van der Waals surface area contributed by atoms with Crippen LogP contribution in [0.4, 0.5) is 11.4 Å². The van der Waals surface area contributed by atoms with Crippen LogP contribution in [-0.2, 0) is 9.59 Å². The maximum Gasteiger partial charge on any atom is 0.291 e. The first-order valence-corrected chi connectivity index (χ1v) is 5.96. The minimum absolute atomic E-state index is 0.182. The molecule has 1 aromatic heterocycles. The standard InChI is InChI=1S/C14H12N2O5/c1-8-2-7-11(21-8)12(17)15-9-3-5-10(6-4-9)16-13(18)14(19)20/h2-7H,1H3,(H,15,17)(H,16,18)(H,19,20)/p-1. The summed E-state index contributed by atoms with van der Waals surface area (Å²) >= 11 is 0. The molecule has 0 atom stereocenters. The van der Waals surface area contributed by atoms with E-state index in [1.165, 1.54) is 24.3 Å². The molecule has 0 bridgehead atoms. The number of rotatable bonds is 3. The van der Waals surface area contributed by atoms with Crippen molar-refractivity contribution in [2.45, 2.75) is 6.92 Å². The molecule has 1 heterocycles. The number of anilines is 2. The Balaban J connectivity index is 2.01. The lowest BCUT2D eigenvalue weighted by Crippen LogP contribution is -2.36. The number of aliphatic carboxylic acids is 1. The second-order valence-electron chi connectivity index (χ2n) is 4.18. The summed E-state index contributed by atoms with van der Waals surface area (Å²) in [6.07, 6.45) is 0. The van der Waals surface area contributed by atoms with Crippen molar-refractivity contribution < 1.29 is 23.9 Å². The lowest BCUT2D eigenvalue weighted by molar-refractivity contribution is -0.299. The van der Waals surface area contributed by atoms with Gasteiger partial charge in [-0.25, -0.2) is 0 Å². The Morgan fingerprint density at radius 2 is 1.52 bits per heavy atom. The van der Waals surface area contributed by atoms with Crippen molar-refractivity contribution in [1.29, 1.82) is 0 Å². The molecular formula is C14H11N2O5-. The van der Waals surface area contributed by atoms with Gasteiger partial charge < -0.3 is 25.0 Å². The fraction of sp³-hybridized carbons (Fsp3) is 0.0714. The van der Waals surface area contributed by atoms with E-state index in [-0.39, 0.29) is 11.4 Å². The Bertz CT molecular complexity index is 688. The van der Waals surface area contributed by atoms with Crippen LogP contribution in [0, 0.1) is 6.92 Å². The molecule has 2 N–H and O–H groups in total. The number of aryl methyl sites for hydroxylation is 1. The van der Waals surface area contributed by atoms with Gasteiger partial charge in [0, 0.05) is 11.4 Å². The molecule has 1 aromatic carbocycles. The molecule has 21 heavy (non-hydrogen) atoms. The van der Waals surface area contributed by atoms with E-state index in [9.17, 15) is 19.5 Å². The smallest absolute Gasteiger partial charge is 0.291 e. The van der Waals surface area contributed by atoms with Gasteiger partial charge in [-0.05, 0) is 43.3 Å². The molecule has 108 valence electrons. The summed E-state index contributed by atoms with van der Waals surface area (Å²) in [5.74, 6) is -2.66. The number of benzene rings is 1. The van der Waals surface area contributed by atoms with Gasteiger partial charge in [-0.2, -0.15) is 0 Å². The van der Waals surface area contributed by atoms with Crippen LogP contribution in [0.15, 0.2) is 40.8 Å². The average Bonchev–Trinajstić information content (AvgIpc) is 2.87. The maximum absolute atomic E-state index is 11.8. The first-order chi connectivity index (χ1) is 9.95. The van der Waals surface area contributed by atoms with Crippen molar-refractivity contribution in [3.63, 3.8) is 0 Å². The molecule has 7 heteroatoms. The zero-order chi connectivity index (χ0) is 15.4. The number of carboxylic acid groups (broad SMARTS) is 1. The minimum atomic E-state index is -1.82. The van der Waals surface area contributed by atoms with Crippen LogP contribution in [0.25, 0.3) is 0 Å². The summed E-state index contributed by atoms with van der Waals surface area (Å²) in [5, 5.41) is 15.0. The Morgan fingerprint density at radius 3 is 2.00 bits per heavy atom. The molecule has 2 aromatic rings. The third kappa shape index (κ3) is 3.69. The number of carboxylic acids is 1. The molecule has 0 radical (unpaired) electrons. The lowest BCUT2D eigenvalue weighted by atomic mass is 10.2. The van der Waals surface area contributed by atoms with Gasteiger partial charge in [0.05, 0.1) is 0 Å². The van der Waals surface area contributed by atoms with Gasteiger partial charge in [-0.15, -0.1) is 0 Å². The van der Waals surface area contributed by atoms with Gasteiger partial charge in [-0.3, -0.25) is 9.59 Å². The van der Waals surface area contributed by atoms with Gasteiger partial charge in [0.1, 0.15) is 11.7 Å². The highest BCUT2D eigenvalue weighted by Gasteiger charge is 2.10. The van der Waals surface area contributed by atoms with Crippen LogP contribution in [0.1, 0.15) is 16.3 Å². The monoisotopic (exact) mass is 287 g/mol. The van der Waals surface area contributed by atoms with Gasteiger partial charge >= 0.3 is 0 Å². The van der Waals surface area contributed by atoms with E-state index in [0.29, 0.717) is 11.4 Å². The summed E-state index contributed by atoms with van der Waals surface area (Å²) in [6, 6.07) is 9.15. The molecule has 0 unspecified atom stereocenters. The van der Waals surface area contributed by atoms with E-state index in [0.717, 1.165) is 0 Å². The minimum Gasteiger partial charge on any atom is -0.540 e. The predicted molar refractivity (Wildman–Crippen MR) is 71.5 cm³/mol. The fourth-order valence-corrected chi connectivity index (χ4v) is 1.57. The van der Waals surface area contributed by atoms with Crippen molar-refractivity contribution >= 4 is 29.2 Å². The molecule has 0 spiro atoms. The quantitative estimate of drug-likeness (QED) is 0.800. The third-order valence-corrected chi connectivity index (χ3v) is 2.55. The van der Waals surface area contributed by atoms with E-state index < -0.39 is 17.8 Å². The van der Waals surface area contributed by atoms with Crippen LogP contribution in [0.3, 0.4) is 0 Å². The Kier molecular flexibility index (Phi) is 4.03. The number of hydrogen-bond acceptors (Lipinski definition) is 5. The molecule has 0 aliphatic carbocycles. The number of carbonyl (C=O) groups excluding carboxylic acids is 3. The zero-order valence-electron chi connectivity index (χ0n) is 11.0. The summed E-state index contributed by atoms with van der Waals surface area (Å²) < 4.78 is 5.18. The van der Waals surface area contributed by atoms with Crippen molar-refractivity contribution in [3.8, 4) is 0 Å². The number of amides is 2. The highest BCUT2D eigenvalue weighted by atomic mass is 16.4. The van der Waals surface area contributed by atoms with Crippen molar-refractivity contribution in [1.82, 2.24) is 0 Å². The van der Waals surface area contributed by atoms with E-state index in [1.807, 2.05) is 0 Å². The Morgan fingerprint density at radius 1 is 0.952 bits per heavy atom. The molecule has 0 fully saturated rings. The molecule has 0 aliphatic heterocycles. The van der Waals surface area contributed by atoms with E-state index in [2.05, 4.69) is 10.6 Å². The maximum atomic E-state index is 11.8. The molecule has 0 aliphatic rings. The lowest BCUT2D eigenvalue weighted by Gasteiger charge is -2.07. The summed E-state index contributed by atoms with van der Waals surface area (Å²) in [7, 11) is 0. The number of furan rings is 1. The van der Waals surface area contributed by atoms with Crippen molar-refractivity contribution in [3.05, 3.63) is 47.9 Å². The predicted octanol–water partition coefficient (Wildman–Crippen LogP) is 0.529. The van der Waals surface area contributed by atoms with E-state index in [1.54, 1.807) is 19.1 Å². The zero-order valence-corrected chi connectivity index (χ0v) is 11.0. The molecule has 2 rings (SSSR count). The van der Waals surface area contributed by atoms with Crippen LogP contribution < -0.4 is 15.7 Å². The van der Waals surface area contributed by atoms with E-state index in [4.69, 9.17) is 4.42 Å². The van der Waals surface area contributed by atoms with Gasteiger partial charge in [-0.1, -0.05) is 0 Å². The SMILES string of the molecule is Cc1ccc(C(=O)Nc2ccc(NC(=O)C(=O)[O-])cc2)o1. The van der Waals surface area contributed by atoms with E-state index >= 15 is 0 Å².